The van der Waals surface area contributed by atoms with Gasteiger partial charge in [0.05, 0.1) is 0 Å². The van der Waals surface area contributed by atoms with Crippen molar-refractivity contribution in [2.24, 2.45) is 0 Å². The molecule has 0 unspecified atom stereocenters. The van der Waals surface area contributed by atoms with Gasteiger partial charge in [0.2, 0.25) is 0 Å². The Kier molecular flexibility index (Phi) is 6.83. The number of aromatic nitrogens is 2. The Balaban J connectivity index is 0.00000124. The second kappa shape index (κ2) is 9.53. The molecule has 0 aliphatic rings. The zero-order valence-electron chi connectivity index (χ0n) is 18.6. The Morgan fingerprint density at radius 3 is 2.07 bits per heavy atom. The van der Waals surface area contributed by atoms with E-state index in [0.717, 1.165) is 23.3 Å². The van der Waals surface area contributed by atoms with Crippen LogP contribution in [0.15, 0.2) is 79.3 Å². The summed E-state index contributed by atoms with van der Waals surface area (Å²) in [6.07, 6.45) is 6.50. The molecule has 3 heteroatoms. The maximum atomic E-state index is 4.74. The van der Waals surface area contributed by atoms with Gasteiger partial charge in [-0.05, 0) is 58.2 Å². The van der Waals surface area contributed by atoms with Crippen molar-refractivity contribution in [1.82, 2.24) is 9.97 Å². The average molecular weight is 398 g/mol. The smallest absolute Gasteiger partial charge is 0.138 e. The minimum Gasteiger partial charge on any atom is -0.340 e. The summed E-state index contributed by atoms with van der Waals surface area (Å²) in [7, 11) is 0. The zero-order chi connectivity index (χ0) is 21.6. The number of hydrogen-bond donors (Lipinski definition) is 1. The van der Waals surface area contributed by atoms with Crippen LogP contribution in [-0.4, -0.2) is 9.97 Å². The lowest BCUT2D eigenvalue weighted by molar-refractivity contribution is 0.590. The van der Waals surface area contributed by atoms with E-state index in [-0.39, 0.29) is 5.41 Å². The summed E-state index contributed by atoms with van der Waals surface area (Å²) in [6.45, 7) is 10.7. The fourth-order valence-electron chi connectivity index (χ4n) is 3.40. The van der Waals surface area contributed by atoms with Crippen LogP contribution in [0.4, 0.5) is 11.5 Å². The van der Waals surface area contributed by atoms with Crippen molar-refractivity contribution >= 4 is 22.3 Å². The highest BCUT2D eigenvalue weighted by Gasteiger charge is 2.13. The Morgan fingerprint density at radius 1 is 0.800 bits per heavy atom. The van der Waals surface area contributed by atoms with Crippen molar-refractivity contribution in [1.29, 1.82) is 0 Å². The predicted octanol–water partition coefficient (Wildman–Crippen LogP) is 7.29. The summed E-state index contributed by atoms with van der Waals surface area (Å²) in [4.78, 5) is 8.85. The molecular formula is C27H31N3. The molecule has 2 aromatic heterocycles. The molecule has 2 aromatic carbocycles. The molecule has 4 rings (SSSR count). The van der Waals surface area contributed by atoms with Gasteiger partial charge in [0.15, 0.2) is 0 Å². The van der Waals surface area contributed by atoms with Crippen molar-refractivity contribution in [3.8, 4) is 0 Å². The number of benzene rings is 2. The maximum absolute atomic E-state index is 4.74. The van der Waals surface area contributed by atoms with Gasteiger partial charge in [-0.25, -0.2) is 4.98 Å². The third kappa shape index (κ3) is 5.04. The molecule has 0 saturated heterocycles. The first-order valence-electron chi connectivity index (χ1n) is 10.6. The molecule has 0 bridgehead atoms. The van der Waals surface area contributed by atoms with Crippen LogP contribution in [0.2, 0.25) is 0 Å². The molecule has 30 heavy (non-hydrogen) atoms. The second-order valence-electron chi connectivity index (χ2n) is 8.16. The van der Waals surface area contributed by atoms with E-state index in [2.05, 4.69) is 91.7 Å². The van der Waals surface area contributed by atoms with Crippen molar-refractivity contribution < 1.29 is 0 Å². The van der Waals surface area contributed by atoms with E-state index < -0.39 is 0 Å². The monoisotopic (exact) mass is 397 g/mol. The van der Waals surface area contributed by atoms with Crippen LogP contribution in [0.25, 0.3) is 10.8 Å². The Morgan fingerprint density at radius 2 is 1.43 bits per heavy atom. The molecule has 0 fully saturated rings. The van der Waals surface area contributed by atoms with E-state index in [1.165, 1.54) is 22.1 Å². The van der Waals surface area contributed by atoms with E-state index in [9.17, 15) is 0 Å². The topological polar surface area (TPSA) is 37.8 Å². The van der Waals surface area contributed by atoms with E-state index in [4.69, 9.17) is 4.98 Å². The van der Waals surface area contributed by atoms with Gasteiger partial charge in [0.1, 0.15) is 5.82 Å². The molecule has 0 spiro atoms. The highest BCUT2D eigenvalue weighted by molar-refractivity contribution is 5.95. The molecule has 154 valence electrons. The van der Waals surface area contributed by atoms with Crippen LogP contribution >= 0.6 is 0 Å². The average Bonchev–Trinajstić information content (AvgIpc) is 2.77. The highest BCUT2D eigenvalue weighted by atomic mass is 15.0. The largest absolute Gasteiger partial charge is 0.340 e. The van der Waals surface area contributed by atoms with Gasteiger partial charge >= 0.3 is 0 Å². The van der Waals surface area contributed by atoms with E-state index in [0.29, 0.717) is 0 Å². The lowest BCUT2D eigenvalue weighted by Gasteiger charge is -2.19. The number of fused-ring (bicyclic) bond motifs is 1. The number of pyridine rings is 2. The molecular weight excluding hydrogens is 366 g/mol. The SMILES string of the molecule is CC.CC(C)(C)c1ccc(Nc2ncc(Cc3ccncc3)c3ccccc23)cc1. The normalized spacial score (nSPS) is 11.0. The second-order valence-corrected chi connectivity index (χ2v) is 8.16. The molecule has 0 saturated carbocycles. The Bertz CT molecular complexity index is 1080. The van der Waals surface area contributed by atoms with Crippen molar-refractivity contribution in [2.45, 2.75) is 46.5 Å². The number of nitrogens with one attached hydrogen (secondary N) is 1. The molecule has 3 nitrogen and oxygen atoms in total. The van der Waals surface area contributed by atoms with E-state index in [1.807, 2.05) is 32.4 Å². The first-order valence-corrected chi connectivity index (χ1v) is 10.6. The Hall–Kier alpha value is -3.20. The molecule has 0 aliphatic carbocycles. The standard InChI is InChI=1S/C25H25N3.C2H6/c1-25(2,3)20-8-10-21(11-9-20)28-24-23-7-5-4-6-22(23)19(17-27-24)16-18-12-14-26-15-13-18;1-2/h4-15,17H,16H2,1-3H3,(H,27,28);1-2H3. The zero-order valence-corrected chi connectivity index (χ0v) is 18.6. The van der Waals surface area contributed by atoms with Crippen LogP contribution in [0.5, 0.6) is 0 Å². The van der Waals surface area contributed by atoms with Gasteiger partial charge in [-0.15, -0.1) is 0 Å². The van der Waals surface area contributed by atoms with Crippen LogP contribution in [0.3, 0.4) is 0 Å². The van der Waals surface area contributed by atoms with Gasteiger partial charge in [0.25, 0.3) is 0 Å². The molecule has 0 amide bonds. The van der Waals surface area contributed by atoms with Gasteiger partial charge < -0.3 is 5.32 Å². The molecule has 0 aliphatic heterocycles. The summed E-state index contributed by atoms with van der Waals surface area (Å²) in [5.41, 5.74) is 4.98. The molecule has 1 N–H and O–H groups in total. The molecule has 0 radical (unpaired) electrons. The fourth-order valence-corrected chi connectivity index (χ4v) is 3.40. The third-order valence-electron chi connectivity index (χ3n) is 5.04. The Labute approximate surface area is 180 Å². The summed E-state index contributed by atoms with van der Waals surface area (Å²) < 4.78 is 0. The number of hydrogen-bond acceptors (Lipinski definition) is 3. The lowest BCUT2D eigenvalue weighted by atomic mass is 9.87. The van der Waals surface area contributed by atoms with Crippen molar-refractivity contribution in [3.05, 3.63) is 95.9 Å². The van der Waals surface area contributed by atoms with Crippen molar-refractivity contribution in [3.63, 3.8) is 0 Å². The van der Waals surface area contributed by atoms with Crippen LogP contribution < -0.4 is 5.32 Å². The van der Waals surface area contributed by atoms with E-state index >= 15 is 0 Å². The molecule has 4 aromatic rings. The number of rotatable bonds is 4. The number of nitrogens with zero attached hydrogens (tertiary/aromatic N) is 2. The summed E-state index contributed by atoms with van der Waals surface area (Å²) in [5, 5.41) is 5.85. The summed E-state index contributed by atoms with van der Waals surface area (Å²) in [5.74, 6) is 0.887. The summed E-state index contributed by atoms with van der Waals surface area (Å²) >= 11 is 0. The van der Waals surface area contributed by atoms with Crippen molar-refractivity contribution in [2.75, 3.05) is 5.32 Å². The first-order chi connectivity index (χ1) is 14.5. The lowest BCUT2D eigenvalue weighted by Crippen LogP contribution is -2.10. The summed E-state index contributed by atoms with van der Waals surface area (Å²) in [6, 6.07) is 21.2. The van der Waals surface area contributed by atoms with Gasteiger partial charge in [-0.1, -0.05) is 71.0 Å². The third-order valence-corrected chi connectivity index (χ3v) is 5.04. The van der Waals surface area contributed by atoms with Crippen LogP contribution in [-0.2, 0) is 11.8 Å². The maximum Gasteiger partial charge on any atom is 0.138 e. The quantitative estimate of drug-likeness (QED) is 0.393. The first kappa shape index (κ1) is 21.5. The molecule has 2 heterocycles. The minimum atomic E-state index is 0.151. The molecule has 0 atom stereocenters. The van der Waals surface area contributed by atoms with Crippen LogP contribution in [0, 0.1) is 0 Å². The van der Waals surface area contributed by atoms with Crippen LogP contribution in [0.1, 0.15) is 51.3 Å². The van der Waals surface area contributed by atoms with Gasteiger partial charge in [-0.3, -0.25) is 4.98 Å². The minimum absolute atomic E-state index is 0.151. The van der Waals surface area contributed by atoms with Gasteiger partial charge in [-0.2, -0.15) is 0 Å². The fraction of sp³-hybridized carbons (Fsp3) is 0.259. The highest BCUT2D eigenvalue weighted by Crippen LogP contribution is 2.29. The van der Waals surface area contributed by atoms with Gasteiger partial charge in [0, 0.05) is 29.7 Å². The predicted molar refractivity (Wildman–Crippen MR) is 129 cm³/mol. The van der Waals surface area contributed by atoms with E-state index in [1.54, 1.807) is 0 Å². The number of anilines is 2.